The van der Waals surface area contributed by atoms with Crippen molar-refractivity contribution < 1.29 is 0 Å². The van der Waals surface area contributed by atoms with Crippen molar-refractivity contribution in [2.75, 3.05) is 6.54 Å². The number of rotatable bonds is 5. The van der Waals surface area contributed by atoms with Crippen LogP contribution in [0.5, 0.6) is 0 Å². The van der Waals surface area contributed by atoms with Crippen LogP contribution < -0.4 is 0 Å². The molecule has 0 bridgehead atoms. The molecule has 86 valence electrons. The molecule has 0 rings (SSSR count). The Morgan fingerprint density at radius 2 is 1.50 bits per heavy atom. The maximum absolute atomic E-state index is 2.59. The molecule has 1 heteroatoms. The first-order valence-electron chi connectivity index (χ1n) is 6.02. The largest absolute Gasteiger partial charge is 0.296 e. The molecule has 0 aromatic carbocycles. The van der Waals surface area contributed by atoms with Crippen LogP contribution in [-0.2, 0) is 0 Å². The minimum atomic E-state index is 0.311. The lowest BCUT2D eigenvalue weighted by molar-refractivity contribution is 0.0955. The summed E-state index contributed by atoms with van der Waals surface area (Å²) in [7, 11) is 0. The number of hydrogen-bond donors (Lipinski definition) is 0. The summed E-state index contributed by atoms with van der Waals surface area (Å²) in [5.74, 6) is 0.837. The second kappa shape index (κ2) is 5.75. The average Bonchev–Trinajstić information content (AvgIpc) is 1.94. The van der Waals surface area contributed by atoms with Crippen LogP contribution in [0.1, 0.15) is 61.3 Å². The zero-order valence-electron chi connectivity index (χ0n) is 11.2. The summed E-state index contributed by atoms with van der Waals surface area (Å²) < 4.78 is 0. The van der Waals surface area contributed by atoms with Crippen LogP contribution >= 0.6 is 0 Å². The van der Waals surface area contributed by atoms with E-state index in [0.717, 1.165) is 5.92 Å². The first-order chi connectivity index (χ1) is 6.25. The van der Waals surface area contributed by atoms with E-state index in [1.54, 1.807) is 0 Å². The minimum Gasteiger partial charge on any atom is -0.296 e. The Balaban J connectivity index is 4.00. The second-order valence-corrected chi connectivity index (χ2v) is 5.99. The van der Waals surface area contributed by atoms with E-state index in [1.807, 2.05) is 0 Å². The average molecular weight is 199 g/mol. The van der Waals surface area contributed by atoms with Gasteiger partial charge in [0.1, 0.15) is 0 Å². The van der Waals surface area contributed by atoms with E-state index in [0.29, 0.717) is 11.6 Å². The van der Waals surface area contributed by atoms with Gasteiger partial charge in [-0.1, -0.05) is 13.8 Å². The summed E-state index contributed by atoms with van der Waals surface area (Å²) in [5, 5.41) is 0. The van der Waals surface area contributed by atoms with Gasteiger partial charge in [0.2, 0.25) is 0 Å². The van der Waals surface area contributed by atoms with E-state index >= 15 is 0 Å². The zero-order valence-corrected chi connectivity index (χ0v) is 11.2. The van der Waals surface area contributed by atoms with E-state index in [4.69, 9.17) is 0 Å². The van der Waals surface area contributed by atoms with E-state index in [2.05, 4.69) is 53.4 Å². The zero-order chi connectivity index (χ0) is 11.4. The monoisotopic (exact) mass is 199 g/mol. The Labute approximate surface area is 90.9 Å². The third kappa shape index (κ3) is 5.64. The third-order valence-electron chi connectivity index (χ3n) is 2.67. The standard InChI is InChI=1S/C13H29N/c1-11(2)9-8-10-14(12(3)4)13(5,6)7/h11-12H,8-10H2,1-7H3. The van der Waals surface area contributed by atoms with Gasteiger partial charge in [0.25, 0.3) is 0 Å². The maximum Gasteiger partial charge on any atom is 0.0127 e. The molecule has 0 aromatic rings. The van der Waals surface area contributed by atoms with Crippen LogP contribution in [0.15, 0.2) is 0 Å². The number of hydrogen-bond acceptors (Lipinski definition) is 1. The Hall–Kier alpha value is -0.0400. The summed E-state index contributed by atoms with van der Waals surface area (Å²) in [4.78, 5) is 2.59. The summed E-state index contributed by atoms with van der Waals surface area (Å²) in [6.07, 6.45) is 2.67. The Morgan fingerprint density at radius 1 is 1.00 bits per heavy atom. The maximum atomic E-state index is 2.59. The number of nitrogens with zero attached hydrogens (tertiary/aromatic N) is 1. The fourth-order valence-corrected chi connectivity index (χ4v) is 2.04. The van der Waals surface area contributed by atoms with Gasteiger partial charge in [0.15, 0.2) is 0 Å². The molecule has 0 aromatic heterocycles. The van der Waals surface area contributed by atoms with Gasteiger partial charge in [-0.3, -0.25) is 4.90 Å². The van der Waals surface area contributed by atoms with Crippen LogP contribution in [-0.4, -0.2) is 23.0 Å². The van der Waals surface area contributed by atoms with Gasteiger partial charge in [-0.25, -0.2) is 0 Å². The molecule has 0 heterocycles. The SMILES string of the molecule is CC(C)CCCN(C(C)C)C(C)(C)C. The predicted molar refractivity (Wildman–Crippen MR) is 65.7 cm³/mol. The van der Waals surface area contributed by atoms with Crippen molar-refractivity contribution in [3.05, 3.63) is 0 Å². The highest BCUT2D eigenvalue weighted by Gasteiger charge is 2.22. The van der Waals surface area contributed by atoms with Crippen LogP contribution in [0.2, 0.25) is 0 Å². The molecule has 0 aliphatic carbocycles. The molecule has 0 saturated carbocycles. The predicted octanol–water partition coefficient (Wildman–Crippen LogP) is 3.93. The van der Waals surface area contributed by atoms with E-state index in [1.165, 1.54) is 19.4 Å². The molecule has 0 spiro atoms. The quantitative estimate of drug-likeness (QED) is 0.648. The molecule has 0 unspecified atom stereocenters. The lowest BCUT2D eigenvalue weighted by atomic mass is 10.0. The third-order valence-corrected chi connectivity index (χ3v) is 2.67. The summed E-state index contributed by atoms with van der Waals surface area (Å²) in [6.45, 7) is 17.3. The molecule has 14 heavy (non-hydrogen) atoms. The minimum absolute atomic E-state index is 0.311. The van der Waals surface area contributed by atoms with Gasteiger partial charge in [-0.2, -0.15) is 0 Å². The second-order valence-electron chi connectivity index (χ2n) is 5.99. The van der Waals surface area contributed by atoms with Gasteiger partial charge in [0, 0.05) is 11.6 Å². The van der Waals surface area contributed by atoms with Gasteiger partial charge in [-0.05, 0) is 59.9 Å². The Morgan fingerprint density at radius 3 is 1.79 bits per heavy atom. The molecule has 0 aliphatic rings. The fourth-order valence-electron chi connectivity index (χ4n) is 2.04. The molecule has 0 saturated heterocycles. The highest BCUT2D eigenvalue weighted by atomic mass is 15.2. The first kappa shape index (κ1) is 14.0. The summed E-state index contributed by atoms with van der Waals surface area (Å²) in [6, 6.07) is 0.655. The van der Waals surface area contributed by atoms with Gasteiger partial charge >= 0.3 is 0 Å². The molecule has 0 fully saturated rings. The van der Waals surface area contributed by atoms with Crippen LogP contribution in [0.3, 0.4) is 0 Å². The van der Waals surface area contributed by atoms with Crippen LogP contribution in [0.4, 0.5) is 0 Å². The van der Waals surface area contributed by atoms with E-state index in [9.17, 15) is 0 Å². The lowest BCUT2D eigenvalue weighted by Gasteiger charge is -2.39. The molecule has 0 atom stereocenters. The molecule has 0 radical (unpaired) electrons. The van der Waals surface area contributed by atoms with E-state index < -0.39 is 0 Å². The highest BCUT2D eigenvalue weighted by molar-refractivity contribution is 4.78. The summed E-state index contributed by atoms with van der Waals surface area (Å²) in [5.41, 5.74) is 0.311. The van der Waals surface area contributed by atoms with Gasteiger partial charge < -0.3 is 0 Å². The van der Waals surface area contributed by atoms with Crippen molar-refractivity contribution in [3.63, 3.8) is 0 Å². The Bertz CT molecular complexity index is 142. The normalized spacial score (nSPS) is 13.3. The smallest absolute Gasteiger partial charge is 0.0127 e. The van der Waals surface area contributed by atoms with E-state index in [-0.39, 0.29) is 0 Å². The fraction of sp³-hybridized carbons (Fsp3) is 1.00. The first-order valence-corrected chi connectivity index (χ1v) is 6.02. The van der Waals surface area contributed by atoms with Crippen molar-refractivity contribution in [1.82, 2.24) is 4.90 Å². The van der Waals surface area contributed by atoms with Crippen molar-refractivity contribution in [3.8, 4) is 0 Å². The molecular formula is C13H29N. The Kier molecular flexibility index (Phi) is 5.73. The molecule has 0 amide bonds. The lowest BCUT2D eigenvalue weighted by Crippen LogP contribution is -2.46. The highest BCUT2D eigenvalue weighted by Crippen LogP contribution is 2.18. The van der Waals surface area contributed by atoms with Crippen molar-refractivity contribution in [2.45, 2.75) is 72.9 Å². The molecule has 0 N–H and O–H groups in total. The molecule has 0 aliphatic heterocycles. The van der Waals surface area contributed by atoms with Crippen molar-refractivity contribution in [1.29, 1.82) is 0 Å². The van der Waals surface area contributed by atoms with Gasteiger partial charge in [-0.15, -0.1) is 0 Å². The van der Waals surface area contributed by atoms with Crippen LogP contribution in [0.25, 0.3) is 0 Å². The topological polar surface area (TPSA) is 3.24 Å². The van der Waals surface area contributed by atoms with Crippen molar-refractivity contribution >= 4 is 0 Å². The molecule has 1 nitrogen and oxygen atoms in total. The molecular weight excluding hydrogens is 170 g/mol. The van der Waals surface area contributed by atoms with Gasteiger partial charge in [0.05, 0.1) is 0 Å². The van der Waals surface area contributed by atoms with Crippen LogP contribution in [0, 0.1) is 5.92 Å². The van der Waals surface area contributed by atoms with Crippen molar-refractivity contribution in [2.24, 2.45) is 5.92 Å². The summed E-state index contributed by atoms with van der Waals surface area (Å²) >= 11 is 0.